The highest BCUT2D eigenvalue weighted by molar-refractivity contribution is 5.75. The number of aromatic amines is 1. The number of hydrogen-bond acceptors (Lipinski definition) is 5. The van der Waals surface area contributed by atoms with E-state index in [4.69, 9.17) is 4.74 Å². The van der Waals surface area contributed by atoms with Gasteiger partial charge in [-0.25, -0.2) is 4.68 Å². The molecule has 2 N–H and O–H groups in total. The van der Waals surface area contributed by atoms with E-state index >= 15 is 0 Å². The van der Waals surface area contributed by atoms with Crippen molar-refractivity contribution in [3.63, 3.8) is 0 Å². The lowest BCUT2D eigenvalue weighted by atomic mass is 10.2. The van der Waals surface area contributed by atoms with Crippen molar-refractivity contribution >= 4 is 22.7 Å². The van der Waals surface area contributed by atoms with Crippen molar-refractivity contribution in [3.05, 3.63) is 40.8 Å². The number of benzene rings is 1. The highest BCUT2D eigenvalue weighted by Crippen LogP contribution is 2.19. The van der Waals surface area contributed by atoms with Crippen LogP contribution in [0.1, 0.15) is 27.7 Å². The highest BCUT2D eigenvalue weighted by atomic mass is 16.5. The smallest absolute Gasteiger partial charge is 0.263 e. The zero-order chi connectivity index (χ0) is 18.0. The molecule has 3 aromatic rings. The first-order valence-corrected chi connectivity index (χ1v) is 8.42. The van der Waals surface area contributed by atoms with Crippen molar-refractivity contribution in [2.24, 2.45) is 5.92 Å². The topological polar surface area (TPSA) is 84.8 Å². The Bertz CT molecular complexity index is 909. The van der Waals surface area contributed by atoms with Crippen molar-refractivity contribution in [3.8, 4) is 5.75 Å². The van der Waals surface area contributed by atoms with Crippen LogP contribution in [0.15, 0.2) is 35.3 Å². The average molecular weight is 341 g/mol. The van der Waals surface area contributed by atoms with Gasteiger partial charge in [0.05, 0.1) is 12.3 Å². The van der Waals surface area contributed by atoms with Gasteiger partial charge in [-0.2, -0.15) is 10.1 Å². The van der Waals surface area contributed by atoms with Crippen molar-refractivity contribution in [2.75, 3.05) is 5.32 Å². The number of aromatic nitrogens is 4. The molecule has 0 saturated carbocycles. The second-order valence-corrected chi connectivity index (χ2v) is 6.69. The molecule has 3 rings (SSSR count). The van der Waals surface area contributed by atoms with E-state index in [1.54, 1.807) is 10.9 Å². The minimum Gasteiger partial charge on any atom is -0.491 e. The molecule has 25 heavy (non-hydrogen) atoms. The van der Waals surface area contributed by atoms with E-state index < -0.39 is 0 Å². The predicted octanol–water partition coefficient (Wildman–Crippen LogP) is 3.31. The SMILES string of the molecule is CC(C)Cn1ncc2c(=O)[nH]c(Nc3ccc(OC(C)C)cc3)nc21. The van der Waals surface area contributed by atoms with E-state index in [0.717, 1.165) is 11.4 Å². The fourth-order valence-corrected chi connectivity index (χ4v) is 2.53. The van der Waals surface area contributed by atoms with E-state index in [1.807, 2.05) is 38.1 Å². The fourth-order valence-electron chi connectivity index (χ4n) is 2.53. The molecule has 0 aliphatic heterocycles. The van der Waals surface area contributed by atoms with Gasteiger partial charge in [0.25, 0.3) is 5.56 Å². The summed E-state index contributed by atoms with van der Waals surface area (Å²) in [5.74, 6) is 1.60. The molecule has 0 bridgehead atoms. The molecule has 0 aliphatic carbocycles. The normalized spacial score (nSPS) is 11.4. The van der Waals surface area contributed by atoms with Crippen molar-refractivity contribution in [1.82, 2.24) is 19.7 Å². The van der Waals surface area contributed by atoms with Gasteiger partial charge in [0.1, 0.15) is 11.1 Å². The number of hydrogen-bond donors (Lipinski definition) is 2. The zero-order valence-electron chi connectivity index (χ0n) is 14.9. The molecule has 2 heterocycles. The summed E-state index contributed by atoms with van der Waals surface area (Å²) in [5, 5.41) is 7.89. The second-order valence-electron chi connectivity index (χ2n) is 6.69. The Labute approximate surface area is 146 Å². The van der Waals surface area contributed by atoms with Gasteiger partial charge in [-0.15, -0.1) is 0 Å². The van der Waals surface area contributed by atoms with Gasteiger partial charge in [0.15, 0.2) is 5.65 Å². The number of nitrogens with zero attached hydrogens (tertiary/aromatic N) is 3. The van der Waals surface area contributed by atoms with Gasteiger partial charge in [-0.05, 0) is 44.0 Å². The number of fused-ring (bicyclic) bond motifs is 1. The second kappa shape index (κ2) is 6.96. The van der Waals surface area contributed by atoms with E-state index in [2.05, 4.69) is 34.2 Å². The summed E-state index contributed by atoms with van der Waals surface area (Å²) < 4.78 is 7.39. The highest BCUT2D eigenvalue weighted by Gasteiger charge is 2.11. The summed E-state index contributed by atoms with van der Waals surface area (Å²) in [6.45, 7) is 8.87. The molecule has 0 spiro atoms. The van der Waals surface area contributed by atoms with Gasteiger partial charge >= 0.3 is 0 Å². The third-order valence-corrected chi connectivity index (χ3v) is 3.53. The number of rotatable bonds is 6. The third kappa shape index (κ3) is 3.99. The maximum atomic E-state index is 12.3. The first-order chi connectivity index (χ1) is 11.9. The summed E-state index contributed by atoms with van der Waals surface area (Å²) in [6.07, 6.45) is 1.69. The number of ether oxygens (including phenoxy) is 1. The Kier molecular flexibility index (Phi) is 4.74. The Hall–Kier alpha value is -2.83. The molecule has 7 heteroatoms. The molecule has 2 aromatic heterocycles. The molecule has 7 nitrogen and oxygen atoms in total. The van der Waals surface area contributed by atoms with E-state index in [1.165, 1.54) is 0 Å². The molecule has 0 amide bonds. The molecular weight excluding hydrogens is 318 g/mol. The molecule has 0 saturated heterocycles. The van der Waals surface area contributed by atoms with Crippen LogP contribution in [-0.4, -0.2) is 25.9 Å². The lowest BCUT2D eigenvalue weighted by Gasteiger charge is -2.11. The van der Waals surface area contributed by atoms with Gasteiger partial charge < -0.3 is 10.1 Å². The first-order valence-electron chi connectivity index (χ1n) is 8.42. The Morgan fingerprint density at radius 3 is 2.56 bits per heavy atom. The van der Waals surface area contributed by atoms with Crippen LogP contribution in [0, 0.1) is 5.92 Å². The molecule has 0 fully saturated rings. The average Bonchev–Trinajstić information content (AvgIpc) is 2.92. The molecule has 1 aromatic carbocycles. The summed E-state index contributed by atoms with van der Waals surface area (Å²) in [4.78, 5) is 19.5. The molecular formula is C18H23N5O2. The van der Waals surface area contributed by atoms with Crippen molar-refractivity contribution in [1.29, 1.82) is 0 Å². The van der Waals surface area contributed by atoms with Crippen LogP contribution in [-0.2, 0) is 6.54 Å². The van der Waals surface area contributed by atoms with Crippen LogP contribution in [0.5, 0.6) is 5.75 Å². The summed E-state index contributed by atoms with van der Waals surface area (Å²) >= 11 is 0. The first kappa shape index (κ1) is 17.0. The number of anilines is 2. The third-order valence-electron chi connectivity index (χ3n) is 3.53. The maximum absolute atomic E-state index is 12.3. The monoisotopic (exact) mass is 341 g/mol. The zero-order valence-corrected chi connectivity index (χ0v) is 14.9. The molecule has 0 radical (unpaired) electrons. The van der Waals surface area contributed by atoms with Gasteiger partial charge in [0, 0.05) is 12.2 Å². The lowest BCUT2D eigenvalue weighted by molar-refractivity contribution is 0.242. The van der Waals surface area contributed by atoms with E-state index in [-0.39, 0.29) is 11.7 Å². The van der Waals surface area contributed by atoms with Crippen molar-refractivity contribution < 1.29 is 4.74 Å². The molecule has 0 aliphatic rings. The van der Waals surface area contributed by atoms with Crippen molar-refractivity contribution in [2.45, 2.75) is 40.3 Å². The van der Waals surface area contributed by atoms with Crippen LogP contribution in [0.3, 0.4) is 0 Å². The largest absolute Gasteiger partial charge is 0.491 e. The molecule has 132 valence electrons. The van der Waals surface area contributed by atoms with E-state index in [0.29, 0.717) is 29.4 Å². The van der Waals surface area contributed by atoms with Gasteiger partial charge in [-0.1, -0.05) is 13.8 Å². The van der Waals surface area contributed by atoms with E-state index in [9.17, 15) is 4.79 Å². The maximum Gasteiger partial charge on any atom is 0.263 e. The fraction of sp³-hybridized carbons (Fsp3) is 0.389. The van der Waals surface area contributed by atoms with Crippen LogP contribution in [0.4, 0.5) is 11.6 Å². The van der Waals surface area contributed by atoms with Gasteiger partial charge in [0.2, 0.25) is 5.95 Å². The predicted molar refractivity (Wildman–Crippen MR) is 98.5 cm³/mol. The van der Waals surface area contributed by atoms with Crippen LogP contribution < -0.4 is 15.6 Å². The standard InChI is InChI=1S/C18H23N5O2/c1-11(2)10-23-16-15(9-19-23)17(24)22-18(21-16)20-13-5-7-14(8-6-13)25-12(3)4/h5-9,11-12H,10H2,1-4H3,(H2,20,21,22,24). The molecule has 0 unspecified atom stereocenters. The molecule has 0 atom stereocenters. The van der Waals surface area contributed by atoms with Crippen LogP contribution in [0.25, 0.3) is 11.0 Å². The summed E-state index contributed by atoms with van der Waals surface area (Å²) in [7, 11) is 0. The summed E-state index contributed by atoms with van der Waals surface area (Å²) in [5.41, 5.74) is 1.19. The number of H-pyrrole nitrogens is 1. The quantitative estimate of drug-likeness (QED) is 0.718. The van der Waals surface area contributed by atoms with Crippen LogP contribution >= 0.6 is 0 Å². The lowest BCUT2D eigenvalue weighted by Crippen LogP contribution is -2.13. The number of nitrogens with one attached hydrogen (secondary N) is 2. The Morgan fingerprint density at radius 1 is 1.20 bits per heavy atom. The Morgan fingerprint density at radius 2 is 1.92 bits per heavy atom. The van der Waals surface area contributed by atoms with Gasteiger partial charge in [-0.3, -0.25) is 9.78 Å². The minimum absolute atomic E-state index is 0.125. The summed E-state index contributed by atoms with van der Waals surface area (Å²) in [6, 6.07) is 7.52. The van der Waals surface area contributed by atoms with Crippen LogP contribution in [0.2, 0.25) is 0 Å². The Balaban J connectivity index is 1.87. The minimum atomic E-state index is -0.206.